The molecule has 0 aliphatic heterocycles. The smallest absolute Gasteiger partial charge is 0.146 e. The summed E-state index contributed by atoms with van der Waals surface area (Å²) in [5.74, 6) is -0.345. The number of rotatable bonds is 4. The van der Waals surface area contributed by atoms with Gasteiger partial charge in [-0.3, -0.25) is 0 Å². The second kappa shape index (κ2) is 6.59. The van der Waals surface area contributed by atoms with E-state index < -0.39 is 0 Å². The zero-order chi connectivity index (χ0) is 15.6. The van der Waals surface area contributed by atoms with Gasteiger partial charge in [-0.2, -0.15) is 0 Å². The molecule has 0 saturated heterocycles. The Morgan fingerprint density at radius 3 is 2.38 bits per heavy atom. The molecule has 0 spiro atoms. The highest BCUT2D eigenvalue weighted by molar-refractivity contribution is 6.30. The molecular weight excluding hydrogens is 285 g/mol. The van der Waals surface area contributed by atoms with Gasteiger partial charge in [-0.05, 0) is 55.6 Å². The molecule has 0 amide bonds. The lowest BCUT2D eigenvalue weighted by molar-refractivity contribution is 0.558. The van der Waals surface area contributed by atoms with E-state index in [-0.39, 0.29) is 16.9 Å². The van der Waals surface area contributed by atoms with Crippen LogP contribution in [-0.2, 0) is 0 Å². The monoisotopic (exact) mass is 305 g/mol. The summed E-state index contributed by atoms with van der Waals surface area (Å²) in [5.41, 5.74) is 5.30. The highest BCUT2D eigenvalue weighted by Crippen LogP contribution is 2.31. The lowest BCUT2D eigenvalue weighted by atomic mass is 9.91. The van der Waals surface area contributed by atoms with Crippen LogP contribution in [-0.4, -0.2) is 6.54 Å². The molecule has 0 aromatic heterocycles. The second-order valence-electron chi connectivity index (χ2n) is 5.43. The molecule has 1 N–H and O–H groups in total. The molecule has 0 heterocycles. The molecule has 0 radical (unpaired) electrons. The molecule has 2 aromatic rings. The Kier molecular flexibility index (Phi) is 5.02. The zero-order valence-corrected chi connectivity index (χ0v) is 13.7. The summed E-state index contributed by atoms with van der Waals surface area (Å²) in [6, 6.07) is 9.27. The molecule has 0 fully saturated rings. The minimum Gasteiger partial charge on any atom is -0.306 e. The molecule has 2 rings (SSSR count). The van der Waals surface area contributed by atoms with Gasteiger partial charge in [-0.1, -0.05) is 42.8 Å². The fourth-order valence-corrected chi connectivity index (χ4v) is 2.81. The van der Waals surface area contributed by atoms with Crippen LogP contribution in [0.3, 0.4) is 0 Å². The van der Waals surface area contributed by atoms with Crippen molar-refractivity contribution in [3.8, 4) is 0 Å². The fraction of sp³-hybridized carbons (Fsp3) is 0.333. The van der Waals surface area contributed by atoms with Gasteiger partial charge >= 0.3 is 0 Å². The minimum absolute atomic E-state index is 0.164. The molecule has 0 aliphatic carbocycles. The standard InChI is InChI=1S/C18H21ClFN/c1-5-21-18(14-7-6-8-16(19)17(14)20)15-10-12(3)11(2)9-13(15)4/h6-10,18,21H,5H2,1-4H3. The van der Waals surface area contributed by atoms with E-state index in [1.54, 1.807) is 18.2 Å². The summed E-state index contributed by atoms with van der Waals surface area (Å²) < 4.78 is 14.4. The summed E-state index contributed by atoms with van der Waals surface area (Å²) in [6.07, 6.45) is 0. The predicted octanol–water partition coefficient (Wildman–Crippen LogP) is 5.10. The highest BCUT2D eigenvalue weighted by atomic mass is 35.5. The van der Waals surface area contributed by atoms with Crippen LogP contribution in [0.2, 0.25) is 5.02 Å². The van der Waals surface area contributed by atoms with Crippen LogP contribution in [0.25, 0.3) is 0 Å². The Bertz CT molecular complexity index is 652. The van der Waals surface area contributed by atoms with Gasteiger partial charge in [0.1, 0.15) is 5.82 Å². The largest absolute Gasteiger partial charge is 0.306 e. The summed E-state index contributed by atoms with van der Waals surface area (Å²) in [7, 11) is 0. The van der Waals surface area contributed by atoms with Crippen molar-refractivity contribution in [3.63, 3.8) is 0 Å². The van der Waals surface area contributed by atoms with Crippen molar-refractivity contribution < 1.29 is 4.39 Å². The van der Waals surface area contributed by atoms with Crippen LogP contribution in [0.1, 0.15) is 40.8 Å². The number of benzene rings is 2. The van der Waals surface area contributed by atoms with Gasteiger partial charge in [0.05, 0.1) is 11.1 Å². The first-order valence-corrected chi connectivity index (χ1v) is 7.58. The SMILES string of the molecule is CCNC(c1cc(C)c(C)cc1C)c1cccc(Cl)c1F. The zero-order valence-electron chi connectivity index (χ0n) is 12.9. The molecule has 0 saturated carbocycles. The topological polar surface area (TPSA) is 12.0 Å². The molecule has 1 nitrogen and oxygen atoms in total. The van der Waals surface area contributed by atoms with Crippen LogP contribution in [0.15, 0.2) is 30.3 Å². The maximum Gasteiger partial charge on any atom is 0.146 e. The Morgan fingerprint density at radius 2 is 1.71 bits per heavy atom. The van der Waals surface area contributed by atoms with Gasteiger partial charge < -0.3 is 5.32 Å². The Hall–Kier alpha value is -1.38. The van der Waals surface area contributed by atoms with Gasteiger partial charge in [-0.25, -0.2) is 4.39 Å². The molecule has 21 heavy (non-hydrogen) atoms. The molecule has 1 unspecified atom stereocenters. The van der Waals surface area contributed by atoms with E-state index in [2.05, 4.69) is 38.2 Å². The molecule has 0 bridgehead atoms. The first kappa shape index (κ1) is 16.0. The van der Waals surface area contributed by atoms with Crippen molar-refractivity contribution in [1.29, 1.82) is 0 Å². The summed E-state index contributed by atoms with van der Waals surface area (Å²) in [4.78, 5) is 0. The first-order chi connectivity index (χ1) is 9.95. The van der Waals surface area contributed by atoms with E-state index in [0.29, 0.717) is 5.56 Å². The average Bonchev–Trinajstić information content (AvgIpc) is 2.44. The predicted molar refractivity (Wildman–Crippen MR) is 87.6 cm³/mol. The minimum atomic E-state index is -0.345. The number of hydrogen-bond acceptors (Lipinski definition) is 1. The van der Waals surface area contributed by atoms with Crippen LogP contribution in [0.5, 0.6) is 0 Å². The van der Waals surface area contributed by atoms with E-state index >= 15 is 0 Å². The van der Waals surface area contributed by atoms with Gasteiger partial charge in [-0.15, -0.1) is 0 Å². The lowest BCUT2D eigenvalue weighted by Crippen LogP contribution is -2.24. The average molecular weight is 306 g/mol. The van der Waals surface area contributed by atoms with E-state index in [1.807, 2.05) is 6.92 Å². The molecular formula is C18H21ClFN. The number of nitrogens with one attached hydrogen (secondary N) is 1. The van der Waals surface area contributed by atoms with E-state index in [9.17, 15) is 4.39 Å². The van der Waals surface area contributed by atoms with Crippen molar-refractivity contribution in [1.82, 2.24) is 5.32 Å². The van der Waals surface area contributed by atoms with Gasteiger partial charge in [0, 0.05) is 5.56 Å². The van der Waals surface area contributed by atoms with Crippen LogP contribution in [0.4, 0.5) is 4.39 Å². The van der Waals surface area contributed by atoms with Crippen LogP contribution >= 0.6 is 11.6 Å². The quantitative estimate of drug-likeness (QED) is 0.828. The fourth-order valence-electron chi connectivity index (χ4n) is 2.63. The van der Waals surface area contributed by atoms with E-state index in [4.69, 9.17) is 11.6 Å². The third-order valence-corrected chi connectivity index (χ3v) is 4.19. The number of hydrogen-bond donors (Lipinski definition) is 1. The van der Waals surface area contributed by atoms with Crippen molar-refractivity contribution >= 4 is 11.6 Å². The molecule has 3 heteroatoms. The number of aryl methyl sites for hydroxylation is 3. The molecule has 112 valence electrons. The second-order valence-corrected chi connectivity index (χ2v) is 5.83. The van der Waals surface area contributed by atoms with Gasteiger partial charge in [0.2, 0.25) is 0 Å². The maximum absolute atomic E-state index is 14.4. The van der Waals surface area contributed by atoms with Gasteiger partial charge in [0.15, 0.2) is 0 Å². The Labute approximate surface area is 131 Å². The summed E-state index contributed by atoms with van der Waals surface area (Å²) >= 11 is 5.94. The third kappa shape index (κ3) is 3.28. The Balaban J connectivity index is 2.59. The van der Waals surface area contributed by atoms with E-state index in [0.717, 1.165) is 17.7 Å². The molecule has 2 aromatic carbocycles. The number of halogens is 2. The first-order valence-electron chi connectivity index (χ1n) is 7.20. The van der Waals surface area contributed by atoms with Crippen LogP contribution < -0.4 is 5.32 Å². The normalized spacial score (nSPS) is 12.5. The van der Waals surface area contributed by atoms with Gasteiger partial charge in [0.25, 0.3) is 0 Å². The third-order valence-electron chi connectivity index (χ3n) is 3.89. The maximum atomic E-state index is 14.4. The van der Waals surface area contributed by atoms with Crippen molar-refractivity contribution in [2.24, 2.45) is 0 Å². The van der Waals surface area contributed by atoms with Crippen molar-refractivity contribution in [2.45, 2.75) is 33.7 Å². The summed E-state index contributed by atoms with van der Waals surface area (Å²) in [5, 5.41) is 3.54. The Morgan fingerprint density at radius 1 is 1.05 bits per heavy atom. The lowest BCUT2D eigenvalue weighted by Gasteiger charge is -2.23. The van der Waals surface area contributed by atoms with Crippen molar-refractivity contribution in [3.05, 3.63) is 69.0 Å². The molecule has 0 aliphatic rings. The van der Waals surface area contributed by atoms with Crippen LogP contribution in [0, 0.1) is 26.6 Å². The highest BCUT2D eigenvalue weighted by Gasteiger charge is 2.20. The van der Waals surface area contributed by atoms with Crippen molar-refractivity contribution in [2.75, 3.05) is 6.54 Å². The molecule has 1 atom stereocenters. The summed E-state index contributed by atoms with van der Waals surface area (Å²) in [6.45, 7) is 9.01. The van der Waals surface area contributed by atoms with E-state index in [1.165, 1.54) is 11.1 Å².